The van der Waals surface area contributed by atoms with E-state index in [1.807, 2.05) is 12.1 Å². The quantitative estimate of drug-likeness (QED) is 0.899. The van der Waals surface area contributed by atoms with E-state index >= 15 is 0 Å². The number of halogens is 1. The molecule has 2 aromatic rings. The Hall–Kier alpha value is -1.13. The summed E-state index contributed by atoms with van der Waals surface area (Å²) < 4.78 is 1.00. The first-order chi connectivity index (χ1) is 7.15. The molecule has 3 nitrogen and oxygen atoms in total. The Labute approximate surface area is 95.3 Å². The minimum Gasteiger partial charge on any atom is -0.481 e. The highest BCUT2D eigenvalue weighted by atomic mass is 35.5. The number of aromatic nitrogens is 1. The maximum absolute atomic E-state index is 10.4. The van der Waals surface area contributed by atoms with Gasteiger partial charge in [0.1, 0.15) is 0 Å². The van der Waals surface area contributed by atoms with Crippen LogP contribution >= 0.6 is 22.9 Å². The molecule has 1 aromatic carbocycles. The zero-order valence-electron chi connectivity index (χ0n) is 7.74. The van der Waals surface area contributed by atoms with E-state index < -0.39 is 5.97 Å². The summed E-state index contributed by atoms with van der Waals surface area (Å²) in [6.45, 7) is 0. The molecule has 0 bridgehead atoms. The maximum Gasteiger partial charge on any atom is 0.303 e. The van der Waals surface area contributed by atoms with Crippen molar-refractivity contribution in [3.05, 3.63) is 28.2 Å². The van der Waals surface area contributed by atoms with Crippen molar-refractivity contribution in [3.63, 3.8) is 0 Å². The van der Waals surface area contributed by atoms with Crippen molar-refractivity contribution in [1.29, 1.82) is 0 Å². The first-order valence-electron chi connectivity index (χ1n) is 4.42. The number of hydrogen-bond acceptors (Lipinski definition) is 3. The van der Waals surface area contributed by atoms with Crippen LogP contribution in [0.15, 0.2) is 18.2 Å². The van der Waals surface area contributed by atoms with Gasteiger partial charge in [-0.1, -0.05) is 11.6 Å². The normalized spacial score (nSPS) is 10.7. The van der Waals surface area contributed by atoms with Crippen molar-refractivity contribution in [3.8, 4) is 0 Å². The molecule has 0 spiro atoms. The Morgan fingerprint density at radius 3 is 3.07 bits per heavy atom. The molecule has 1 aromatic heterocycles. The van der Waals surface area contributed by atoms with E-state index in [4.69, 9.17) is 16.7 Å². The van der Waals surface area contributed by atoms with Gasteiger partial charge in [-0.25, -0.2) is 4.98 Å². The van der Waals surface area contributed by atoms with Gasteiger partial charge in [-0.3, -0.25) is 4.79 Å². The average molecular weight is 242 g/mol. The van der Waals surface area contributed by atoms with Gasteiger partial charge in [-0.2, -0.15) is 0 Å². The summed E-state index contributed by atoms with van der Waals surface area (Å²) >= 11 is 7.33. The second-order valence-corrected chi connectivity index (χ2v) is 4.67. The summed E-state index contributed by atoms with van der Waals surface area (Å²) in [5.74, 6) is -0.799. The maximum atomic E-state index is 10.4. The van der Waals surface area contributed by atoms with Crippen LogP contribution in [0.2, 0.25) is 5.02 Å². The monoisotopic (exact) mass is 241 g/mol. The number of aliphatic carboxylic acids is 1. The number of aryl methyl sites for hydroxylation is 1. The predicted octanol–water partition coefficient (Wildman–Crippen LogP) is 2.97. The first kappa shape index (κ1) is 10.4. The zero-order chi connectivity index (χ0) is 10.8. The lowest BCUT2D eigenvalue weighted by atomic mass is 10.3. The van der Waals surface area contributed by atoms with E-state index in [0.717, 1.165) is 15.2 Å². The number of benzene rings is 1. The molecule has 1 N–H and O–H groups in total. The van der Waals surface area contributed by atoms with E-state index in [0.29, 0.717) is 11.4 Å². The van der Waals surface area contributed by atoms with Crippen molar-refractivity contribution in [2.75, 3.05) is 0 Å². The second kappa shape index (κ2) is 4.16. The van der Waals surface area contributed by atoms with E-state index in [1.165, 1.54) is 11.3 Å². The average Bonchev–Trinajstić information content (AvgIpc) is 2.56. The van der Waals surface area contributed by atoms with Crippen molar-refractivity contribution >= 4 is 39.1 Å². The third kappa shape index (κ3) is 2.46. The van der Waals surface area contributed by atoms with Crippen molar-refractivity contribution < 1.29 is 9.90 Å². The van der Waals surface area contributed by atoms with Gasteiger partial charge in [0.2, 0.25) is 0 Å². The molecule has 0 saturated heterocycles. The third-order valence-electron chi connectivity index (χ3n) is 1.95. The predicted molar refractivity (Wildman–Crippen MR) is 60.6 cm³/mol. The van der Waals surface area contributed by atoms with Gasteiger partial charge < -0.3 is 5.11 Å². The highest BCUT2D eigenvalue weighted by molar-refractivity contribution is 7.18. The molecule has 78 valence electrons. The number of nitrogens with zero attached hydrogens (tertiary/aromatic N) is 1. The molecule has 0 atom stereocenters. The molecular weight excluding hydrogens is 234 g/mol. The van der Waals surface area contributed by atoms with E-state index in [9.17, 15) is 4.79 Å². The molecule has 0 aliphatic rings. The number of carboxylic acid groups (broad SMARTS) is 1. The molecule has 0 fully saturated rings. The van der Waals surface area contributed by atoms with Crippen LogP contribution in [0.1, 0.15) is 11.4 Å². The van der Waals surface area contributed by atoms with Gasteiger partial charge in [-0.05, 0) is 18.2 Å². The summed E-state index contributed by atoms with van der Waals surface area (Å²) in [4.78, 5) is 14.7. The van der Waals surface area contributed by atoms with Gasteiger partial charge in [0.25, 0.3) is 0 Å². The van der Waals surface area contributed by atoms with Crippen molar-refractivity contribution in [2.24, 2.45) is 0 Å². The van der Waals surface area contributed by atoms with Crippen LogP contribution in [-0.2, 0) is 11.2 Å². The van der Waals surface area contributed by atoms with Gasteiger partial charge in [-0.15, -0.1) is 11.3 Å². The zero-order valence-corrected chi connectivity index (χ0v) is 9.31. The fourth-order valence-electron chi connectivity index (χ4n) is 1.27. The van der Waals surface area contributed by atoms with E-state index in [-0.39, 0.29) is 6.42 Å². The Bertz CT molecular complexity index is 509. The Kier molecular flexibility index (Phi) is 2.88. The lowest BCUT2D eigenvalue weighted by Gasteiger charge is -1.88. The summed E-state index contributed by atoms with van der Waals surface area (Å²) in [6.07, 6.45) is 0.597. The minimum absolute atomic E-state index is 0.119. The lowest BCUT2D eigenvalue weighted by Crippen LogP contribution is -1.96. The number of carbonyl (C=O) groups is 1. The topological polar surface area (TPSA) is 50.2 Å². The van der Waals surface area contributed by atoms with E-state index in [2.05, 4.69) is 4.98 Å². The highest BCUT2D eigenvalue weighted by Gasteiger charge is 2.06. The van der Waals surface area contributed by atoms with Crippen LogP contribution in [0.4, 0.5) is 0 Å². The van der Waals surface area contributed by atoms with Crippen LogP contribution in [0.3, 0.4) is 0 Å². The molecular formula is C10H8ClNO2S. The Morgan fingerprint density at radius 2 is 2.33 bits per heavy atom. The standard InChI is InChI=1S/C10H8ClNO2S/c11-6-1-2-7-8(5-6)15-9(12-7)3-4-10(13)14/h1-2,5H,3-4H2,(H,13,14). The molecule has 0 amide bonds. The summed E-state index contributed by atoms with van der Waals surface area (Å²) in [6, 6.07) is 5.47. The number of thiazole rings is 1. The van der Waals surface area contributed by atoms with Gasteiger partial charge in [0.05, 0.1) is 21.6 Å². The molecule has 0 aliphatic heterocycles. The summed E-state index contributed by atoms with van der Waals surface area (Å²) in [5, 5.41) is 10.1. The molecule has 5 heteroatoms. The fraction of sp³-hybridized carbons (Fsp3) is 0.200. The smallest absolute Gasteiger partial charge is 0.303 e. The molecule has 1 heterocycles. The lowest BCUT2D eigenvalue weighted by molar-refractivity contribution is -0.136. The van der Waals surface area contributed by atoms with Crippen LogP contribution in [0.25, 0.3) is 10.2 Å². The summed E-state index contributed by atoms with van der Waals surface area (Å²) in [5.41, 5.74) is 0.879. The SMILES string of the molecule is O=C(O)CCc1nc2ccc(Cl)cc2s1. The van der Waals surface area contributed by atoms with Crippen LogP contribution in [0.5, 0.6) is 0 Å². The Morgan fingerprint density at radius 1 is 1.53 bits per heavy atom. The van der Waals surface area contributed by atoms with Crippen molar-refractivity contribution in [1.82, 2.24) is 4.98 Å². The second-order valence-electron chi connectivity index (χ2n) is 3.11. The van der Waals surface area contributed by atoms with Gasteiger partial charge in [0.15, 0.2) is 0 Å². The summed E-state index contributed by atoms with van der Waals surface area (Å²) in [7, 11) is 0. The van der Waals surface area contributed by atoms with Gasteiger partial charge in [0, 0.05) is 11.4 Å². The number of fused-ring (bicyclic) bond motifs is 1. The minimum atomic E-state index is -0.799. The van der Waals surface area contributed by atoms with Crippen LogP contribution in [0, 0.1) is 0 Å². The Balaban J connectivity index is 2.27. The number of carboxylic acids is 1. The first-order valence-corrected chi connectivity index (χ1v) is 5.61. The number of rotatable bonds is 3. The largest absolute Gasteiger partial charge is 0.481 e. The van der Waals surface area contributed by atoms with Crippen LogP contribution in [-0.4, -0.2) is 16.1 Å². The van der Waals surface area contributed by atoms with Crippen LogP contribution < -0.4 is 0 Å². The molecule has 0 unspecified atom stereocenters. The fourth-order valence-corrected chi connectivity index (χ4v) is 2.51. The van der Waals surface area contributed by atoms with E-state index in [1.54, 1.807) is 6.07 Å². The molecule has 2 rings (SSSR count). The third-order valence-corrected chi connectivity index (χ3v) is 3.26. The molecule has 0 radical (unpaired) electrons. The molecule has 15 heavy (non-hydrogen) atoms. The number of hydrogen-bond donors (Lipinski definition) is 1. The molecule has 0 saturated carbocycles. The highest BCUT2D eigenvalue weighted by Crippen LogP contribution is 2.25. The van der Waals surface area contributed by atoms with Crippen molar-refractivity contribution in [2.45, 2.75) is 12.8 Å². The molecule has 0 aliphatic carbocycles. The van der Waals surface area contributed by atoms with Gasteiger partial charge >= 0.3 is 5.97 Å².